The molecule has 2 rings (SSSR count). The highest BCUT2D eigenvalue weighted by Gasteiger charge is 2.30. The molecule has 14 heavy (non-hydrogen) atoms. The Bertz CT molecular complexity index is 319. The molecule has 1 aromatic rings. The first-order chi connectivity index (χ1) is 6.77. The van der Waals surface area contributed by atoms with Gasteiger partial charge in [0.15, 0.2) is 0 Å². The van der Waals surface area contributed by atoms with Crippen LogP contribution in [-0.2, 0) is 4.74 Å². The van der Waals surface area contributed by atoms with Gasteiger partial charge in [-0.2, -0.15) is 0 Å². The van der Waals surface area contributed by atoms with Crippen molar-refractivity contribution in [3.63, 3.8) is 0 Å². The van der Waals surface area contributed by atoms with Crippen molar-refractivity contribution in [1.29, 1.82) is 0 Å². The highest BCUT2D eigenvalue weighted by molar-refractivity contribution is 5.89. The number of hydrogen-bond donors (Lipinski definition) is 0. The van der Waals surface area contributed by atoms with E-state index in [1.165, 1.54) is 19.0 Å². The predicted molar refractivity (Wildman–Crippen MR) is 51.8 cm³/mol. The van der Waals surface area contributed by atoms with Crippen molar-refractivity contribution in [3.8, 4) is 0 Å². The second kappa shape index (κ2) is 3.78. The standard InChI is InChI=1S/C11H13NO2/c1-8(9-4-5-9)14-11(13)10-3-2-6-12-7-10/h2-3,6-9H,4-5H2,1H3. The first-order valence-corrected chi connectivity index (χ1v) is 4.88. The summed E-state index contributed by atoms with van der Waals surface area (Å²) in [6.07, 6.45) is 5.58. The molecule has 1 aliphatic carbocycles. The number of nitrogens with zero attached hydrogens (tertiary/aromatic N) is 1. The van der Waals surface area contributed by atoms with Crippen LogP contribution in [0.1, 0.15) is 30.1 Å². The molecule has 0 aliphatic heterocycles. The lowest BCUT2D eigenvalue weighted by Crippen LogP contribution is -2.16. The SMILES string of the molecule is CC(OC(=O)c1cccnc1)C1CC1. The molecular formula is C11H13NO2. The third kappa shape index (κ3) is 2.10. The summed E-state index contributed by atoms with van der Waals surface area (Å²) in [6.45, 7) is 1.95. The second-order valence-electron chi connectivity index (χ2n) is 3.69. The maximum atomic E-state index is 11.5. The first kappa shape index (κ1) is 9.19. The molecule has 0 N–H and O–H groups in total. The zero-order chi connectivity index (χ0) is 9.97. The van der Waals surface area contributed by atoms with Crippen LogP contribution < -0.4 is 0 Å². The van der Waals surface area contributed by atoms with E-state index in [1.807, 2.05) is 6.92 Å². The molecule has 1 aromatic heterocycles. The van der Waals surface area contributed by atoms with Crippen LogP contribution in [0.4, 0.5) is 0 Å². The lowest BCUT2D eigenvalue weighted by atomic mass is 10.2. The number of ether oxygens (including phenoxy) is 1. The van der Waals surface area contributed by atoms with E-state index >= 15 is 0 Å². The van der Waals surface area contributed by atoms with Crippen LogP contribution in [-0.4, -0.2) is 17.1 Å². The number of pyridine rings is 1. The molecule has 1 fully saturated rings. The molecule has 1 saturated carbocycles. The second-order valence-corrected chi connectivity index (χ2v) is 3.69. The van der Waals surface area contributed by atoms with Crippen LogP contribution in [0.2, 0.25) is 0 Å². The van der Waals surface area contributed by atoms with Crippen molar-refractivity contribution in [1.82, 2.24) is 4.98 Å². The zero-order valence-electron chi connectivity index (χ0n) is 8.14. The van der Waals surface area contributed by atoms with Gasteiger partial charge in [0.1, 0.15) is 6.10 Å². The van der Waals surface area contributed by atoms with E-state index in [9.17, 15) is 4.79 Å². The molecule has 1 atom stereocenters. The summed E-state index contributed by atoms with van der Waals surface area (Å²) in [7, 11) is 0. The van der Waals surface area contributed by atoms with Gasteiger partial charge in [-0.25, -0.2) is 4.79 Å². The van der Waals surface area contributed by atoms with Crippen LogP contribution in [0.25, 0.3) is 0 Å². The van der Waals surface area contributed by atoms with Crippen molar-refractivity contribution in [2.24, 2.45) is 5.92 Å². The average Bonchev–Trinajstić information content (AvgIpc) is 3.02. The Morgan fingerprint density at radius 1 is 1.64 bits per heavy atom. The fourth-order valence-corrected chi connectivity index (χ4v) is 1.38. The molecule has 1 aliphatic rings. The number of carbonyl (C=O) groups excluding carboxylic acids is 1. The molecular weight excluding hydrogens is 178 g/mol. The highest BCUT2D eigenvalue weighted by atomic mass is 16.5. The van der Waals surface area contributed by atoms with E-state index in [0.29, 0.717) is 11.5 Å². The quantitative estimate of drug-likeness (QED) is 0.686. The predicted octanol–water partition coefficient (Wildman–Crippen LogP) is 2.04. The topological polar surface area (TPSA) is 39.2 Å². The van der Waals surface area contributed by atoms with Crippen molar-refractivity contribution in [2.45, 2.75) is 25.9 Å². The Hall–Kier alpha value is -1.38. The Balaban J connectivity index is 1.95. The normalized spacial score (nSPS) is 17.5. The lowest BCUT2D eigenvalue weighted by molar-refractivity contribution is 0.0294. The van der Waals surface area contributed by atoms with Crippen molar-refractivity contribution in [2.75, 3.05) is 0 Å². The Labute approximate surface area is 83.1 Å². The molecule has 0 bridgehead atoms. The van der Waals surface area contributed by atoms with E-state index in [-0.39, 0.29) is 12.1 Å². The van der Waals surface area contributed by atoms with Gasteiger partial charge in [-0.1, -0.05) is 0 Å². The smallest absolute Gasteiger partial charge is 0.339 e. The van der Waals surface area contributed by atoms with Gasteiger partial charge in [0.05, 0.1) is 5.56 Å². The maximum Gasteiger partial charge on any atom is 0.339 e. The molecule has 1 heterocycles. The van der Waals surface area contributed by atoms with Gasteiger partial charge < -0.3 is 4.74 Å². The average molecular weight is 191 g/mol. The van der Waals surface area contributed by atoms with E-state index in [1.54, 1.807) is 18.3 Å². The largest absolute Gasteiger partial charge is 0.459 e. The molecule has 1 unspecified atom stereocenters. The van der Waals surface area contributed by atoms with Crippen molar-refractivity contribution >= 4 is 5.97 Å². The monoisotopic (exact) mass is 191 g/mol. The van der Waals surface area contributed by atoms with Gasteiger partial charge in [-0.3, -0.25) is 4.98 Å². The summed E-state index contributed by atoms with van der Waals surface area (Å²) in [5.41, 5.74) is 0.528. The summed E-state index contributed by atoms with van der Waals surface area (Å²) in [5.74, 6) is 0.313. The Morgan fingerprint density at radius 2 is 2.43 bits per heavy atom. The number of hydrogen-bond acceptors (Lipinski definition) is 3. The van der Waals surface area contributed by atoms with Gasteiger partial charge in [0.2, 0.25) is 0 Å². The first-order valence-electron chi connectivity index (χ1n) is 4.88. The summed E-state index contributed by atoms with van der Waals surface area (Å²) in [5, 5.41) is 0. The Morgan fingerprint density at radius 3 is 3.00 bits per heavy atom. The van der Waals surface area contributed by atoms with Crippen molar-refractivity contribution < 1.29 is 9.53 Å². The highest BCUT2D eigenvalue weighted by Crippen LogP contribution is 2.34. The van der Waals surface area contributed by atoms with Crippen LogP contribution in [0.3, 0.4) is 0 Å². The summed E-state index contributed by atoms with van der Waals surface area (Å²) in [4.78, 5) is 15.4. The van der Waals surface area contributed by atoms with E-state index in [2.05, 4.69) is 4.98 Å². The molecule has 0 radical (unpaired) electrons. The van der Waals surface area contributed by atoms with Gasteiger partial charge >= 0.3 is 5.97 Å². The minimum atomic E-state index is -0.266. The number of rotatable bonds is 3. The van der Waals surface area contributed by atoms with E-state index in [4.69, 9.17) is 4.74 Å². The third-order valence-electron chi connectivity index (χ3n) is 2.48. The summed E-state index contributed by atoms with van der Waals surface area (Å²) >= 11 is 0. The maximum absolute atomic E-state index is 11.5. The molecule has 0 aromatic carbocycles. The number of aromatic nitrogens is 1. The molecule has 3 nitrogen and oxygen atoms in total. The number of carbonyl (C=O) groups is 1. The molecule has 74 valence electrons. The molecule has 3 heteroatoms. The van der Waals surface area contributed by atoms with Crippen LogP contribution >= 0.6 is 0 Å². The van der Waals surface area contributed by atoms with Crippen LogP contribution in [0, 0.1) is 5.92 Å². The van der Waals surface area contributed by atoms with E-state index in [0.717, 1.165) is 0 Å². The van der Waals surface area contributed by atoms with Crippen LogP contribution in [0.15, 0.2) is 24.5 Å². The van der Waals surface area contributed by atoms with Crippen molar-refractivity contribution in [3.05, 3.63) is 30.1 Å². The zero-order valence-corrected chi connectivity index (χ0v) is 8.14. The fourth-order valence-electron chi connectivity index (χ4n) is 1.38. The number of esters is 1. The molecule has 0 saturated heterocycles. The summed E-state index contributed by atoms with van der Waals surface area (Å²) < 4.78 is 5.28. The third-order valence-corrected chi connectivity index (χ3v) is 2.48. The minimum absolute atomic E-state index is 0.0442. The van der Waals surface area contributed by atoms with Gasteiger partial charge in [0, 0.05) is 12.4 Å². The van der Waals surface area contributed by atoms with Crippen LogP contribution in [0.5, 0.6) is 0 Å². The lowest BCUT2D eigenvalue weighted by Gasteiger charge is -2.11. The minimum Gasteiger partial charge on any atom is -0.459 e. The van der Waals surface area contributed by atoms with Gasteiger partial charge in [-0.05, 0) is 37.8 Å². The fraction of sp³-hybridized carbons (Fsp3) is 0.455. The van der Waals surface area contributed by atoms with Gasteiger partial charge in [-0.15, -0.1) is 0 Å². The van der Waals surface area contributed by atoms with E-state index < -0.39 is 0 Å². The Kier molecular flexibility index (Phi) is 2.48. The van der Waals surface area contributed by atoms with Gasteiger partial charge in [0.25, 0.3) is 0 Å². The molecule has 0 spiro atoms. The molecule has 0 amide bonds. The summed E-state index contributed by atoms with van der Waals surface area (Å²) in [6, 6.07) is 3.45.